The molecule has 0 aliphatic heterocycles. The van der Waals surface area contributed by atoms with Crippen molar-refractivity contribution in [2.24, 2.45) is 0 Å². The predicted octanol–water partition coefficient (Wildman–Crippen LogP) is 1.49. The van der Waals surface area contributed by atoms with Crippen LogP contribution in [0.1, 0.15) is 37.7 Å². The Labute approximate surface area is 136 Å². The maximum Gasteiger partial charge on any atom is 0.303 e. The average molecular weight is 320 g/mol. The molecule has 126 valence electrons. The van der Waals surface area contributed by atoms with Gasteiger partial charge in [-0.25, -0.2) is 0 Å². The van der Waals surface area contributed by atoms with Crippen molar-refractivity contribution in [3.05, 3.63) is 35.9 Å². The monoisotopic (exact) mass is 320 g/mol. The maximum absolute atomic E-state index is 12.0. The standard InChI is InChI=1S/C17H24N2O4/c20-13-19-15(10-6-11-16(21)22)17(23)18-12-5-4-9-14-7-2-1-3-8-14/h1-3,7-8,13,15H,4-6,9-12H2,(H,18,23)(H,19,20)(H,21,22)/t15-/m0/s1. The number of unbranched alkanes of at least 4 members (excludes halogenated alkanes) is 1. The molecule has 1 rings (SSSR count). The van der Waals surface area contributed by atoms with Crippen molar-refractivity contribution in [1.29, 1.82) is 0 Å². The number of rotatable bonds is 12. The molecule has 3 N–H and O–H groups in total. The van der Waals surface area contributed by atoms with Crippen LogP contribution < -0.4 is 10.6 Å². The summed E-state index contributed by atoms with van der Waals surface area (Å²) < 4.78 is 0. The van der Waals surface area contributed by atoms with Gasteiger partial charge in [0.25, 0.3) is 0 Å². The molecule has 1 aromatic carbocycles. The second-order valence-electron chi connectivity index (χ2n) is 5.36. The minimum atomic E-state index is -0.906. The fourth-order valence-corrected chi connectivity index (χ4v) is 2.26. The van der Waals surface area contributed by atoms with Crippen LogP contribution in [0.5, 0.6) is 0 Å². The van der Waals surface area contributed by atoms with E-state index in [-0.39, 0.29) is 12.3 Å². The van der Waals surface area contributed by atoms with Crippen LogP contribution in [0, 0.1) is 0 Å². The largest absolute Gasteiger partial charge is 0.481 e. The molecule has 0 bridgehead atoms. The van der Waals surface area contributed by atoms with Gasteiger partial charge in [0.1, 0.15) is 6.04 Å². The van der Waals surface area contributed by atoms with Crippen LogP contribution >= 0.6 is 0 Å². The summed E-state index contributed by atoms with van der Waals surface area (Å²) in [4.78, 5) is 33.0. The van der Waals surface area contributed by atoms with Gasteiger partial charge in [0, 0.05) is 13.0 Å². The summed E-state index contributed by atoms with van der Waals surface area (Å²) >= 11 is 0. The van der Waals surface area contributed by atoms with Crippen LogP contribution in [-0.4, -0.2) is 36.0 Å². The van der Waals surface area contributed by atoms with Gasteiger partial charge < -0.3 is 15.7 Å². The van der Waals surface area contributed by atoms with Crippen LogP contribution in [0.15, 0.2) is 30.3 Å². The lowest BCUT2D eigenvalue weighted by molar-refractivity contribution is -0.137. The van der Waals surface area contributed by atoms with E-state index in [0.717, 1.165) is 19.3 Å². The maximum atomic E-state index is 12.0. The summed E-state index contributed by atoms with van der Waals surface area (Å²) in [7, 11) is 0. The molecule has 0 saturated carbocycles. The molecule has 0 fully saturated rings. The zero-order chi connectivity index (χ0) is 16.9. The molecule has 0 heterocycles. The molecule has 0 unspecified atom stereocenters. The Balaban J connectivity index is 2.20. The molecule has 0 saturated heterocycles. The van der Waals surface area contributed by atoms with Crippen LogP contribution in [0.2, 0.25) is 0 Å². The van der Waals surface area contributed by atoms with E-state index in [1.807, 2.05) is 18.2 Å². The minimum absolute atomic E-state index is 0.0125. The number of aliphatic carboxylic acids is 1. The molecule has 1 atom stereocenters. The molecule has 0 aliphatic carbocycles. The summed E-state index contributed by atoms with van der Waals surface area (Å²) in [6, 6.07) is 9.47. The highest BCUT2D eigenvalue weighted by Crippen LogP contribution is 2.04. The Bertz CT molecular complexity index is 491. The third-order valence-electron chi connectivity index (χ3n) is 3.50. The first kappa shape index (κ1) is 18.7. The van der Waals surface area contributed by atoms with Crippen molar-refractivity contribution >= 4 is 18.3 Å². The summed E-state index contributed by atoms with van der Waals surface area (Å²) in [6.07, 6.45) is 3.91. The zero-order valence-electron chi connectivity index (χ0n) is 13.2. The van der Waals surface area contributed by atoms with E-state index in [4.69, 9.17) is 5.11 Å². The van der Waals surface area contributed by atoms with E-state index in [1.54, 1.807) is 0 Å². The third kappa shape index (κ3) is 8.60. The second kappa shape index (κ2) is 11.2. The lowest BCUT2D eigenvalue weighted by Crippen LogP contribution is -2.44. The SMILES string of the molecule is O=CN[C@@H](CCCC(=O)O)C(=O)NCCCCc1ccccc1. The van der Waals surface area contributed by atoms with Gasteiger partial charge in [-0.05, 0) is 37.7 Å². The van der Waals surface area contributed by atoms with Gasteiger partial charge in [-0.1, -0.05) is 30.3 Å². The summed E-state index contributed by atoms with van der Waals surface area (Å²) in [5, 5.41) is 13.8. The Morgan fingerprint density at radius 2 is 1.87 bits per heavy atom. The fourth-order valence-electron chi connectivity index (χ4n) is 2.26. The number of hydrogen-bond donors (Lipinski definition) is 3. The topological polar surface area (TPSA) is 95.5 Å². The van der Waals surface area contributed by atoms with Crippen LogP contribution in [0.25, 0.3) is 0 Å². The van der Waals surface area contributed by atoms with Gasteiger partial charge in [-0.3, -0.25) is 14.4 Å². The number of nitrogens with one attached hydrogen (secondary N) is 2. The number of carboxylic acids is 1. The fraction of sp³-hybridized carbons (Fsp3) is 0.471. The quantitative estimate of drug-likeness (QED) is 0.402. The molecule has 6 heteroatoms. The first-order chi connectivity index (χ1) is 11.1. The molecule has 0 spiro atoms. The highest BCUT2D eigenvalue weighted by molar-refractivity contribution is 5.83. The van der Waals surface area contributed by atoms with Crippen molar-refractivity contribution in [2.75, 3.05) is 6.54 Å². The second-order valence-corrected chi connectivity index (χ2v) is 5.36. The third-order valence-corrected chi connectivity index (χ3v) is 3.50. The first-order valence-electron chi connectivity index (χ1n) is 7.86. The molecule has 6 nitrogen and oxygen atoms in total. The van der Waals surface area contributed by atoms with E-state index in [1.165, 1.54) is 5.56 Å². The normalized spacial score (nSPS) is 11.5. The molecule has 0 aromatic heterocycles. The number of carboxylic acid groups (broad SMARTS) is 1. The number of carbonyl (C=O) groups is 3. The average Bonchev–Trinajstić information content (AvgIpc) is 2.54. The lowest BCUT2D eigenvalue weighted by atomic mass is 10.1. The molecule has 2 amide bonds. The van der Waals surface area contributed by atoms with Crippen LogP contribution in [-0.2, 0) is 20.8 Å². The molecule has 1 aromatic rings. The predicted molar refractivity (Wildman–Crippen MR) is 86.9 cm³/mol. The molecule has 0 radical (unpaired) electrons. The highest BCUT2D eigenvalue weighted by atomic mass is 16.4. The Morgan fingerprint density at radius 1 is 1.13 bits per heavy atom. The van der Waals surface area contributed by atoms with Gasteiger partial charge >= 0.3 is 5.97 Å². The number of aryl methyl sites for hydroxylation is 1. The van der Waals surface area contributed by atoms with Gasteiger partial charge in [0.2, 0.25) is 12.3 Å². The van der Waals surface area contributed by atoms with Crippen LogP contribution in [0.3, 0.4) is 0 Å². The molecule has 23 heavy (non-hydrogen) atoms. The first-order valence-corrected chi connectivity index (χ1v) is 7.86. The molecular formula is C17H24N2O4. The number of benzene rings is 1. The number of carbonyl (C=O) groups excluding carboxylic acids is 2. The summed E-state index contributed by atoms with van der Waals surface area (Å²) in [5.74, 6) is -1.17. The van der Waals surface area contributed by atoms with E-state index in [9.17, 15) is 14.4 Å². The molecular weight excluding hydrogens is 296 g/mol. The molecule has 0 aliphatic rings. The van der Waals surface area contributed by atoms with Crippen molar-refractivity contribution in [3.8, 4) is 0 Å². The van der Waals surface area contributed by atoms with Crippen LogP contribution in [0.4, 0.5) is 0 Å². The van der Waals surface area contributed by atoms with E-state index in [2.05, 4.69) is 22.8 Å². The van der Waals surface area contributed by atoms with Crippen molar-refractivity contribution < 1.29 is 19.5 Å². The Kier molecular flexibility index (Phi) is 9.12. The van der Waals surface area contributed by atoms with Crippen molar-refractivity contribution in [3.63, 3.8) is 0 Å². The van der Waals surface area contributed by atoms with Gasteiger partial charge in [-0.2, -0.15) is 0 Å². The van der Waals surface area contributed by atoms with E-state index < -0.39 is 12.0 Å². The Hall–Kier alpha value is -2.37. The Morgan fingerprint density at radius 3 is 2.52 bits per heavy atom. The highest BCUT2D eigenvalue weighted by Gasteiger charge is 2.17. The number of amides is 2. The smallest absolute Gasteiger partial charge is 0.303 e. The van der Waals surface area contributed by atoms with Gasteiger partial charge in [0.15, 0.2) is 0 Å². The van der Waals surface area contributed by atoms with Crippen molar-refractivity contribution in [1.82, 2.24) is 10.6 Å². The van der Waals surface area contributed by atoms with E-state index >= 15 is 0 Å². The summed E-state index contributed by atoms with van der Waals surface area (Å²) in [6.45, 7) is 0.543. The van der Waals surface area contributed by atoms with Gasteiger partial charge in [0.05, 0.1) is 0 Å². The van der Waals surface area contributed by atoms with Gasteiger partial charge in [-0.15, -0.1) is 0 Å². The minimum Gasteiger partial charge on any atom is -0.481 e. The number of hydrogen-bond acceptors (Lipinski definition) is 3. The van der Waals surface area contributed by atoms with Crippen molar-refractivity contribution in [2.45, 2.75) is 44.6 Å². The lowest BCUT2D eigenvalue weighted by Gasteiger charge is -2.15. The van der Waals surface area contributed by atoms with E-state index in [0.29, 0.717) is 25.8 Å². The zero-order valence-corrected chi connectivity index (χ0v) is 13.2. The summed E-state index contributed by atoms with van der Waals surface area (Å²) in [5.41, 5.74) is 1.27.